The number of hydrogen-bond donors (Lipinski definition) is 1. The molecule has 2 rings (SSSR count). The van der Waals surface area contributed by atoms with Gasteiger partial charge in [-0.2, -0.15) is 0 Å². The van der Waals surface area contributed by atoms with E-state index in [0.29, 0.717) is 19.5 Å². The molecular weight excluding hydrogens is 277 g/mol. The Morgan fingerprint density at radius 2 is 2.21 bits per heavy atom. The number of amides is 1. The molecule has 0 unspecified atom stereocenters. The van der Waals surface area contributed by atoms with Gasteiger partial charge in [0.15, 0.2) is 0 Å². The van der Waals surface area contributed by atoms with Crippen molar-refractivity contribution in [1.82, 2.24) is 4.90 Å². The van der Waals surface area contributed by atoms with Gasteiger partial charge in [0.2, 0.25) is 0 Å². The summed E-state index contributed by atoms with van der Waals surface area (Å²) in [5.41, 5.74) is 5.05. The zero-order chi connectivity index (χ0) is 13.3. The van der Waals surface area contributed by atoms with Gasteiger partial charge in [-0.1, -0.05) is 0 Å². The molecule has 1 aliphatic rings. The molecular formula is C11H13ClFN3O3. The van der Waals surface area contributed by atoms with Crippen molar-refractivity contribution < 1.29 is 14.1 Å². The molecule has 0 radical (unpaired) electrons. The van der Waals surface area contributed by atoms with Crippen LogP contribution in [0.3, 0.4) is 0 Å². The van der Waals surface area contributed by atoms with Crippen LogP contribution in [0.4, 0.5) is 10.1 Å². The van der Waals surface area contributed by atoms with Crippen LogP contribution in [0.15, 0.2) is 18.2 Å². The number of hydrogen-bond acceptors (Lipinski definition) is 4. The summed E-state index contributed by atoms with van der Waals surface area (Å²) < 4.78 is 13.1. The van der Waals surface area contributed by atoms with Gasteiger partial charge in [-0.05, 0) is 18.6 Å². The zero-order valence-corrected chi connectivity index (χ0v) is 10.7. The monoisotopic (exact) mass is 289 g/mol. The zero-order valence-electron chi connectivity index (χ0n) is 9.91. The van der Waals surface area contributed by atoms with Crippen molar-refractivity contribution in [2.45, 2.75) is 12.5 Å². The minimum atomic E-state index is -0.692. The van der Waals surface area contributed by atoms with Gasteiger partial charge < -0.3 is 10.6 Å². The SMILES string of the molecule is Cl.N[C@@H]1CCN(C(=O)c2cc(F)ccc2[N+](=O)[O-])C1. The Balaban J connectivity index is 0.00000180. The normalized spacial score (nSPS) is 18.0. The number of halogens is 2. The number of benzene rings is 1. The van der Waals surface area contributed by atoms with E-state index in [9.17, 15) is 19.3 Å². The molecule has 1 amide bonds. The van der Waals surface area contributed by atoms with E-state index in [2.05, 4.69) is 0 Å². The molecule has 1 saturated heterocycles. The Kier molecular flexibility index (Phi) is 4.79. The Labute approximate surface area is 114 Å². The minimum Gasteiger partial charge on any atom is -0.337 e. The van der Waals surface area contributed by atoms with Crippen molar-refractivity contribution in [3.8, 4) is 0 Å². The first-order valence-corrected chi connectivity index (χ1v) is 5.48. The number of carbonyl (C=O) groups is 1. The number of carbonyl (C=O) groups excluding carboxylic acids is 1. The van der Waals surface area contributed by atoms with Gasteiger partial charge in [-0.25, -0.2) is 4.39 Å². The highest BCUT2D eigenvalue weighted by atomic mass is 35.5. The molecule has 0 saturated carbocycles. The maximum Gasteiger partial charge on any atom is 0.282 e. The molecule has 0 aromatic heterocycles. The molecule has 1 aromatic carbocycles. The van der Waals surface area contributed by atoms with E-state index in [1.54, 1.807) is 0 Å². The summed E-state index contributed by atoms with van der Waals surface area (Å²) in [7, 11) is 0. The second kappa shape index (κ2) is 5.94. The van der Waals surface area contributed by atoms with Crippen LogP contribution < -0.4 is 5.73 Å². The van der Waals surface area contributed by atoms with Crippen molar-refractivity contribution in [1.29, 1.82) is 0 Å². The maximum atomic E-state index is 13.1. The van der Waals surface area contributed by atoms with Gasteiger partial charge in [0, 0.05) is 25.2 Å². The summed E-state index contributed by atoms with van der Waals surface area (Å²) in [5, 5.41) is 10.8. The molecule has 1 aliphatic heterocycles. The smallest absolute Gasteiger partial charge is 0.282 e. The van der Waals surface area contributed by atoms with Gasteiger partial charge in [0.1, 0.15) is 11.4 Å². The number of likely N-dealkylation sites (tertiary alicyclic amines) is 1. The van der Waals surface area contributed by atoms with E-state index in [1.165, 1.54) is 4.90 Å². The number of nitrogens with zero attached hydrogens (tertiary/aromatic N) is 2. The van der Waals surface area contributed by atoms with Crippen LogP contribution in [0.1, 0.15) is 16.8 Å². The first-order valence-electron chi connectivity index (χ1n) is 5.48. The largest absolute Gasteiger partial charge is 0.337 e. The Bertz CT molecular complexity index is 512. The maximum absolute atomic E-state index is 13.1. The van der Waals surface area contributed by atoms with Crippen LogP contribution in [0.5, 0.6) is 0 Å². The molecule has 1 heterocycles. The molecule has 1 aromatic rings. The second-order valence-corrected chi connectivity index (χ2v) is 4.22. The quantitative estimate of drug-likeness (QED) is 0.657. The van der Waals surface area contributed by atoms with Crippen LogP contribution in [0, 0.1) is 15.9 Å². The molecule has 8 heteroatoms. The molecule has 2 N–H and O–H groups in total. The molecule has 0 spiro atoms. The summed E-state index contributed by atoms with van der Waals surface area (Å²) in [6.45, 7) is 0.778. The number of nitrogens with two attached hydrogens (primary N) is 1. The van der Waals surface area contributed by atoms with Crippen molar-refractivity contribution in [3.05, 3.63) is 39.7 Å². The second-order valence-electron chi connectivity index (χ2n) is 4.22. The summed E-state index contributed by atoms with van der Waals surface area (Å²) in [4.78, 5) is 23.6. The average molecular weight is 290 g/mol. The lowest BCUT2D eigenvalue weighted by molar-refractivity contribution is -0.385. The number of nitro benzene ring substituents is 1. The van der Waals surface area contributed by atoms with Crippen molar-refractivity contribution in [2.24, 2.45) is 5.73 Å². The molecule has 1 fully saturated rings. The lowest BCUT2D eigenvalue weighted by Crippen LogP contribution is -2.32. The van der Waals surface area contributed by atoms with Crippen molar-refractivity contribution in [3.63, 3.8) is 0 Å². The average Bonchev–Trinajstić information content (AvgIpc) is 2.74. The molecule has 104 valence electrons. The molecule has 0 bridgehead atoms. The predicted octanol–water partition coefficient (Wildman–Crippen LogP) is 1.33. The van der Waals surface area contributed by atoms with E-state index in [4.69, 9.17) is 5.73 Å². The summed E-state index contributed by atoms with van der Waals surface area (Å²) in [6, 6.07) is 2.73. The van der Waals surface area contributed by atoms with Crippen LogP contribution in [-0.2, 0) is 0 Å². The Hall–Kier alpha value is -1.73. The van der Waals surface area contributed by atoms with E-state index in [1.807, 2.05) is 0 Å². The molecule has 0 aliphatic carbocycles. The van der Waals surface area contributed by atoms with Crippen LogP contribution in [-0.4, -0.2) is 34.9 Å². The molecule has 19 heavy (non-hydrogen) atoms. The Morgan fingerprint density at radius 1 is 1.53 bits per heavy atom. The first-order chi connectivity index (χ1) is 8.49. The third-order valence-corrected chi connectivity index (χ3v) is 2.90. The van der Waals surface area contributed by atoms with Gasteiger partial charge in [-0.15, -0.1) is 12.4 Å². The van der Waals surface area contributed by atoms with Gasteiger partial charge in [0.25, 0.3) is 11.6 Å². The standard InChI is InChI=1S/C11H12FN3O3.ClH/c12-7-1-2-10(15(17)18)9(5-7)11(16)14-4-3-8(13)6-14;/h1-2,5,8H,3-4,6,13H2;1H/t8-;/m1./s1. The van der Waals surface area contributed by atoms with E-state index < -0.39 is 16.6 Å². The van der Waals surface area contributed by atoms with Crippen LogP contribution >= 0.6 is 12.4 Å². The third-order valence-electron chi connectivity index (χ3n) is 2.90. The van der Waals surface area contributed by atoms with E-state index in [-0.39, 0.29) is 29.7 Å². The minimum absolute atomic E-state index is 0. The first kappa shape index (κ1) is 15.3. The van der Waals surface area contributed by atoms with Gasteiger partial charge >= 0.3 is 0 Å². The van der Waals surface area contributed by atoms with Crippen molar-refractivity contribution in [2.75, 3.05) is 13.1 Å². The fourth-order valence-electron chi connectivity index (χ4n) is 1.98. The predicted molar refractivity (Wildman–Crippen MR) is 68.8 cm³/mol. The highest BCUT2D eigenvalue weighted by molar-refractivity contribution is 5.98. The summed E-state index contributed by atoms with van der Waals surface area (Å²) in [5.74, 6) is -1.22. The summed E-state index contributed by atoms with van der Waals surface area (Å²) >= 11 is 0. The fraction of sp³-hybridized carbons (Fsp3) is 0.364. The molecule has 1 atom stereocenters. The molecule has 6 nitrogen and oxygen atoms in total. The van der Waals surface area contributed by atoms with Crippen molar-refractivity contribution >= 4 is 24.0 Å². The highest BCUT2D eigenvalue weighted by Crippen LogP contribution is 2.22. The van der Waals surface area contributed by atoms with E-state index in [0.717, 1.165) is 18.2 Å². The highest BCUT2D eigenvalue weighted by Gasteiger charge is 2.29. The number of nitro groups is 1. The van der Waals surface area contributed by atoms with Gasteiger partial charge in [-0.3, -0.25) is 14.9 Å². The topological polar surface area (TPSA) is 89.5 Å². The third kappa shape index (κ3) is 3.18. The Morgan fingerprint density at radius 3 is 2.74 bits per heavy atom. The lowest BCUT2D eigenvalue weighted by atomic mass is 10.1. The van der Waals surface area contributed by atoms with Crippen LogP contribution in [0.2, 0.25) is 0 Å². The van der Waals surface area contributed by atoms with E-state index >= 15 is 0 Å². The fourth-order valence-corrected chi connectivity index (χ4v) is 1.98. The van der Waals surface area contributed by atoms with Gasteiger partial charge in [0.05, 0.1) is 4.92 Å². The lowest BCUT2D eigenvalue weighted by Gasteiger charge is -2.15. The number of rotatable bonds is 2. The van der Waals surface area contributed by atoms with Crippen LogP contribution in [0.25, 0.3) is 0 Å². The summed E-state index contributed by atoms with van der Waals surface area (Å²) in [6.07, 6.45) is 0.648.